The van der Waals surface area contributed by atoms with Crippen molar-refractivity contribution in [3.63, 3.8) is 0 Å². The van der Waals surface area contributed by atoms with E-state index < -0.39 is 0 Å². The maximum atomic E-state index is 11.8. The van der Waals surface area contributed by atoms with E-state index in [1.54, 1.807) is 55.6 Å². The largest absolute Gasteiger partial charge is 0.497 e. The molecule has 5 nitrogen and oxygen atoms in total. The molecule has 0 spiro atoms. The summed E-state index contributed by atoms with van der Waals surface area (Å²) in [6.45, 7) is -0.0936. The number of hydrogen-bond acceptors (Lipinski definition) is 3. The van der Waals surface area contributed by atoms with Gasteiger partial charge in [0.2, 0.25) is 11.8 Å². The van der Waals surface area contributed by atoms with Crippen LogP contribution in [0.15, 0.2) is 48.5 Å². The van der Waals surface area contributed by atoms with Crippen molar-refractivity contribution in [1.82, 2.24) is 5.32 Å². The van der Waals surface area contributed by atoms with Gasteiger partial charge in [-0.05, 0) is 29.8 Å². The van der Waals surface area contributed by atoms with Crippen LogP contribution in [0.4, 0.5) is 5.69 Å². The van der Waals surface area contributed by atoms with Gasteiger partial charge in [0.05, 0.1) is 20.1 Å². The zero-order valence-corrected chi connectivity index (χ0v) is 13.4. The van der Waals surface area contributed by atoms with E-state index in [4.69, 9.17) is 16.3 Å². The van der Waals surface area contributed by atoms with Crippen LogP contribution in [0.25, 0.3) is 0 Å². The molecule has 0 saturated heterocycles. The molecule has 0 aliphatic heterocycles. The van der Waals surface area contributed by atoms with Crippen molar-refractivity contribution < 1.29 is 14.3 Å². The van der Waals surface area contributed by atoms with Crippen LogP contribution in [-0.4, -0.2) is 25.5 Å². The van der Waals surface area contributed by atoms with Gasteiger partial charge in [-0.1, -0.05) is 29.8 Å². The Labute approximate surface area is 139 Å². The second kappa shape index (κ2) is 8.19. The summed E-state index contributed by atoms with van der Waals surface area (Å²) in [6.07, 6.45) is 0.198. The Morgan fingerprint density at radius 2 is 1.83 bits per heavy atom. The molecule has 0 aliphatic carbocycles. The molecule has 0 bridgehead atoms. The monoisotopic (exact) mass is 332 g/mol. The van der Waals surface area contributed by atoms with E-state index in [0.717, 1.165) is 5.56 Å². The van der Waals surface area contributed by atoms with E-state index in [-0.39, 0.29) is 24.8 Å². The average molecular weight is 333 g/mol. The number of hydrogen-bond donors (Lipinski definition) is 2. The van der Waals surface area contributed by atoms with E-state index in [1.807, 2.05) is 0 Å². The van der Waals surface area contributed by atoms with Gasteiger partial charge >= 0.3 is 0 Å². The first-order valence-electron chi connectivity index (χ1n) is 7.02. The lowest BCUT2D eigenvalue weighted by molar-refractivity contribution is -0.123. The number of anilines is 1. The van der Waals surface area contributed by atoms with E-state index in [1.165, 1.54) is 0 Å². The van der Waals surface area contributed by atoms with E-state index in [2.05, 4.69) is 10.6 Å². The van der Waals surface area contributed by atoms with Crippen LogP contribution in [0.2, 0.25) is 5.02 Å². The zero-order valence-electron chi connectivity index (χ0n) is 12.6. The van der Waals surface area contributed by atoms with Gasteiger partial charge in [-0.3, -0.25) is 9.59 Å². The number of carbonyl (C=O) groups is 2. The molecule has 0 radical (unpaired) electrons. The van der Waals surface area contributed by atoms with E-state index in [9.17, 15) is 9.59 Å². The van der Waals surface area contributed by atoms with Crippen LogP contribution in [0, 0.1) is 0 Å². The quantitative estimate of drug-likeness (QED) is 0.854. The lowest BCUT2D eigenvalue weighted by Gasteiger charge is -2.08. The van der Waals surface area contributed by atoms with Crippen molar-refractivity contribution in [2.75, 3.05) is 19.0 Å². The molecule has 0 aliphatic rings. The van der Waals surface area contributed by atoms with Gasteiger partial charge in [-0.25, -0.2) is 0 Å². The van der Waals surface area contributed by atoms with Crippen molar-refractivity contribution in [3.8, 4) is 5.75 Å². The van der Waals surface area contributed by atoms with Gasteiger partial charge in [0.25, 0.3) is 0 Å². The molecule has 23 heavy (non-hydrogen) atoms. The summed E-state index contributed by atoms with van der Waals surface area (Å²) >= 11 is 5.79. The summed E-state index contributed by atoms with van der Waals surface area (Å²) in [5.41, 5.74) is 1.45. The number of methoxy groups -OCH3 is 1. The van der Waals surface area contributed by atoms with Gasteiger partial charge in [0, 0.05) is 16.8 Å². The summed E-state index contributed by atoms with van der Waals surface area (Å²) in [5, 5.41) is 5.89. The van der Waals surface area contributed by atoms with Crippen molar-refractivity contribution in [1.29, 1.82) is 0 Å². The second-order valence-corrected chi connectivity index (χ2v) is 5.30. The molecule has 0 aromatic heterocycles. The standard InChI is InChI=1S/C17H17ClN2O3/c1-23-15-4-2-3-14(10-15)20-17(22)11-19-16(21)9-12-5-7-13(18)8-6-12/h2-8,10H,9,11H2,1H3,(H,19,21)(H,20,22). The first kappa shape index (κ1) is 16.8. The van der Waals surface area contributed by atoms with E-state index in [0.29, 0.717) is 16.5 Å². The number of benzene rings is 2. The lowest BCUT2D eigenvalue weighted by Crippen LogP contribution is -2.33. The minimum absolute atomic E-state index is 0.0936. The fraction of sp³-hybridized carbons (Fsp3) is 0.176. The van der Waals surface area contributed by atoms with Gasteiger partial charge in [-0.15, -0.1) is 0 Å². The van der Waals surface area contributed by atoms with Gasteiger partial charge in [-0.2, -0.15) is 0 Å². The maximum Gasteiger partial charge on any atom is 0.243 e. The summed E-state index contributed by atoms with van der Waals surface area (Å²) < 4.78 is 5.08. The van der Waals surface area contributed by atoms with Gasteiger partial charge in [0.1, 0.15) is 5.75 Å². The zero-order chi connectivity index (χ0) is 16.7. The van der Waals surface area contributed by atoms with Crippen LogP contribution in [-0.2, 0) is 16.0 Å². The van der Waals surface area contributed by atoms with Crippen LogP contribution in [0.1, 0.15) is 5.56 Å². The number of carbonyl (C=O) groups excluding carboxylic acids is 2. The van der Waals surface area contributed by atoms with Crippen LogP contribution in [0.5, 0.6) is 5.75 Å². The van der Waals surface area contributed by atoms with Gasteiger partial charge in [0.15, 0.2) is 0 Å². The number of nitrogens with one attached hydrogen (secondary N) is 2. The smallest absolute Gasteiger partial charge is 0.243 e. The molecule has 2 N–H and O–H groups in total. The molecular formula is C17H17ClN2O3. The average Bonchev–Trinajstić information content (AvgIpc) is 2.55. The topological polar surface area (TPSA) is 67.4 Å². The summed E-state index contributed by atoms with van der Waals surface area (Å²) in [6, 6.07) is 14.0. The minimum Gasteiger partial charge on any atom is -0.497 e. The lowest BCUT2D eigenvalue weighted by atomic mass is 10.1. The molecule has 0 heterocycles. The Bertz CT molecular complexity index is 686. The van der Waals surface area contributed by atoms with Crippen molar-refractivity contribution >= 4 is 29.1 Å². The molecule has 6 heteroatoms. The SMILES string of the molecule is COc1cccc(NC(=O)CNC(=O)Cc2ccc(Cl)cc2)c1. The number of rotatable bonds is 6. The molecule has 2 amide bonds. The van der Waals surface area contributed by atoms with Crippen LogP contribution >= 0.6 is 11.6 Å². The second-order valence-electron chi connectivity index (χ2n) is 4.86. The van der Waals surface area contributed by atoms with Crippen molar-refractivity contribution in [3.05, 3.63) is 59.1 Å². The fourth-order valence-corrected chi connectivity index (χ4v) is 2.06. The third-order valence-corrected chi connectivity index (χ3v) is 3.33. The normalized spacial score (nSPS) is 10.0. The third-order valence-electron chi connectivity index (χ3n) is 3.08. The molecule has 0 unspecified atom stereocenters. The predicted molar refractivity (Wildman–Crippen MR) is 89.8 cm³/mol. The highest BCUT2D eigenvalue weighted by Gasteiger charge is 2.07. The Morgan fingerprint density at radius 3 is 2.52 bits per heavy atom. The minimum atomic E-state index is -0.303. The first-order chi connectivity index (χ1) is 11.1. The molecule has 2 rings (SSSR count). The molecule has 2 aromatic carbocycles. The highest BCUT2D eigenvalue weighted by atomic mass is 35.5. The Hall–Kier alpha value is -2.53. The van der Waals surface area contributed by atoms with Crippen molar-refractivity contribution in [2.45, 2.75) is 6.42 Å². The van der Waals surface area contributed by atoms with E-state index >= 15 is 0 Å². The molecule has 0 fully saturated rings. The van der Waals surface area contributed by atoms with Crippen molar-refractivity contribution in [2.24, 2.45) is 0 Å². The highest BCUT2D eigenvalue weighted by molar-refractivity contribution is 6.30. The fourth-order valence-electron chi connectivity index (χ4n) is 1.94. The molecule has 0 saturated carbocycles. The Balaban J connectivity index is 1.79. The molecule has 2 aromatic rings. The molecule has 120 valence electrons. The Kier molecular flexibility index (Phi) is 6.00. The Morgan fingerprint density at radius 1 is 1.09 bits per heavy atom. The number of amides is 2. The maximum absolute atomic E-state index is 11.8. The molecular weight excluding hydrogens is 316 g/mol. The number of halogens is 1. The summed E-state index contributed by atoms with van der Waals surface area (Å²) in [7, 11) is 1.55. The first-order valence-corrected chi connectivity index (χ1v) is 7.39. The number of ether oxygens (including phenoxy) is 1. The van der Waals surface area contributed by atoms with Crippen LogP contribution in [0.3, 0.4) is 0 Å². The summed E-state index contributed by atoms with van der Waals surface area (Å²) in [4.78, 5) is 23.6. The highest BCUT2D eigenvalue weighted by Crippen LogP contribution is 2.16. The predicted octanol–water partition coefficient (Wildman–Crippen LogP) is 2.65. The van der Waals surface area contributed by atoms with Crippen LogP contribution < -0.4 is 15.4 Å². The van der Waals surface area contributed by atoms with Gasteiger partial charge < -0.3 is 15.4 Å². The molecule has 0 atom stereocenters. The third kappa shape index (κ3) is 5.64. The summed E-state index contributed by atoms with van der Waals surface area (Å²) in [5.74, 6) is 0.116.